The Labute approximate surface area is 147 Å². The first kappa shape index (κ1) is 17.4. The van der Waals surface area contributed by atoms with Crippen molar-refractivity contribution in [3.63, 3.8) is 0 Å². The topological polar surface area (TPSA) is 82.4 Å². The molecule has 3 rings (SSSR count). The lowest BCUT2D eigenvalue weighted by Gasteiger charge is -2.27. The zero-order valence-electron chi connectivity index (χ0n) is 13.9. The van der Waals surface area contributed by atoms with Crippen molar-refractivity contribution in [3.8, 4) is 17.6 Å². The van der Waals surface area contributed by atoms with Gasteiger partial charge in [-0.25, -0.2) is 8.42 Å². The van der Waals surface area contributed by atoms with E-state index < -0.39 is 10.0 Å². The van der Waals surface area contributed by atoms with E-state index in [1.165, 1.54) is 4.31 Å². The second-order valence-electron chi connectivity index (χ2n) is 5.84. The number of nitrogens with one attached hydrogen (secondary N) is 1. The van der Waals surface area contributed by atoms with Crippen LogP contribution in [0.5, 0.6) is 11.5 Å². The summed E-state index contributed by atoms with van der Waals surface area (Å²) in [6.45, 7) is 4.00. The largest absolute Gasteiger partial charge is 0.456 e. The van der Waals surface area contributed by atoms with Gasteiger partial charge >= 0.3 is 0 Å². The van der Waals surface area contributed by atoms with E-state index in [1.807, 2.05) is 19.1 Å². The van der Waals surface area contributed by atoms with Crippen LogP contribution >= 0.6 is 0 Å². The maximum absolute atomic E-state index is 13.0. The highest BCUT2D eigenvalue weighted by atomic mass is 32.2. The number of rotatable bonds is 4. The van der Waals surface area contributed by atoms with Crippen LogP contribution in [0.25, 0.3) is 0 Å². The number of sulfonamides is 1. The van der Waals surface area contributed by atoms with Crippen molar-refractivity contribution in [2.24, 2.45) is 0 Å². The van der Waals surface area contributed by atoms with Gasteiger partial charge in [0.05, 0.1) is 11.6 Å². The van der Waals surface area contributed by atoms with Crippen LogP contribution < -0.4 is 10.1 Å². The zero-order valence-corrected chi connectivity index (χ0v) is 14.7. The minimum absolute atomic E-state index is 0.166. The van der Waals surface area contributed by atoms with Gasteiger partial charge in [0.25, 0.3) is 0 Å². The molecule has 7 heteroatoms. The molecule has 0 saturated carbocycles. The fourth-order valence-electron chi connectivity index (χ4n) is 2.65. The normalized spacial score (nSPS) is 15.5. The molecule has 0 aliphatic carbocycles. The summed E-state index contributed by atoms with van der Waals surface area (Å²) in [7, 11) is -3.63. The highest BCUT2D eigenvalue weighted by molar-refractivity contribution is 7.89. The lowest BCUT2D eigenvalue weighted by atomic mass is 10.2. The molecule has 130 valence electrons. The third-order valence-corrected chi connectivity index (χ3v) is 5.92. The molecule has 2 aromatic rings. The van der Waals surface area contributed by atoms with Gasteiger partial charge in [0, 0.05) is 26.2 Å². The Hall–Kier alpha value is -2.40. The lowest BCUT2D eigenvalue weighted by Crippen LogP contribution is -2.46. The maximum Gasteiger partial charge on any atom is 0.246 e. The van der Waals surface area contributed by atoms with Crippen molar-refractivity contribution in [3.05, 3.63) is 53.6 Å². The molecule has 2 aromatic carbocycles. The van der Waals surface area contributed by atoms with E-state index in [-0.39, 0.29) is 10.6 Å². The first-order valence-electron chi connectivity index (χ1n) is 8.00. The van der Waals surface area contributed by atoms with Crippen LogP contribution in [0.1, 0.15) is 11.1 Å². The predicted octanol–water partition coefficient (Wildman–Crippen LogP) is 2.25. The van der Waals surface area contributed by atoms with Gasteiger partial charge in [-0.1, -0.05) is 6.07 Å². The van der Waals surface area contributed by atoms with Crippen LogP contribution in [0.2, 0.25) is 0 Å². The quantitative estimate of drug-likeness (QED) is 0.907. The molecule has 0 spiro atoms. The minimum atomic E-state index is -3.63. The second-order valence-corrected chi connectivity index (χ2v) is 7.75. The van der Waals surface area contributed by atoms with Crippen LogP contribution in [0.4, 0.5) is 0 Å². The molecule has 6 nitrogen and oxygen atoms in total. The van der Waals surface area contributed by atoms with E-state index in [2.05, 4.69) is 5.32 Å². The molecule has 0 bridgehead atoms. The van der Waals surface area contributed by atoms with E-state index in [0.29, 0.717) is 37.5 Å². The fourth-order valence-corrected chi connectivity index (χ4v) is 4.29. The molecule has 1 fully saturated rings. The summed E-state index contributed by atoms with van der Waals surface area (Å²) in [5.41, 5.74) is 1.37. The number of nitriles is 1. The Bertz CT molecular complexity index is 896. The number of hydrogen-bond acceptors (Lipinski definition) is 5. The molecule has 0 aromatic heterocycles. The summed E-state index contributed by atoms with van der Waals surface area (Å²) in [5.74, 6) is 0.772. The number of hydrogen-bond donors (Lipinski definition) is 1. The molecule has 0 atom stereocenters. The summed E-state index contributed by atoms with van der Waals surface area (Å²) in [6, 6.07) is 13.7. The first-order chi connectivity index (χ1) is 12.0. The molecule has 1 heterocycles. The highest BCUT2D eigenvalue weighted by Crippen LogP contribution is 2.32. The van der Waals surface area contributed by atoms with E-state index >= 15 is 0 Å². The second kappa shape index (κ2) is 7.23. The Balaban J connectivity index is 1.96. The summed E-state index contributed by atoms with van der Waals surface area (Å²) < 4.78 is 33.3. The van der Waals surface area contributed by atoms with Gasteiger partial charge in [-0.3, -0.25) is 0 Å². The van der Waals surface area contributed by atoms with Gasteiger partial charge in [0.1, 0.15) is 16.4 Å². The van der Waals surface area contributed by atoms with Gasteiger partial charge in [-0.2, -0.15) is 9.57 Å². The van der Waals surface area contributed by atoms with Crippen LogP contribution in [0, 0.1) is 18.3 Å². The van der Waals surface area contributed by atoms with Crippen molar-refractivity contribution in [2.45, 2.75) is 11.8 Å². The van der Waals surface area contributed by atoms with Crippen LogP contribution in [0.15, 0.2) is 47.4 Å². The molecule has 1 N–H and O–H groups in total. The fraction of sp³-hybridized carbons (Fsp3) is 0.278. The van der Waals surface area contributed by atoms with Gasteiger partial charge in [0.2, 0.25) is 10.0 Å². The summed E-state index contributed by atoms with van der Waals surface area (Å²) in [5, 5.41) is 12.0. The predicted molar refractivity (Wildman–Crippen MR) is 94.0 cm³/mol. The van der Waals surface area contributed by atoms with Crippen molar-refractivity contribution < 1.29 is 13.2 Å². The molecule has 0 unspecified atom stereocenters. The molecular weight excluding hydrogens is 338 g/mol. The zero-order chi connectivity index (χ0) is 17.9. The van der Waals surface area contributed by atoms with Crippen LogP contribution in [-0.2, 0) is 10.0 Å². The molecule has 0 radical (unpaired) electrons. The molecule has 0 amide bonds. The highest BCUT2D eigenvalue weighted by Gasteiger charge is 2.29. The molecule has 25 heavy (non-hydrogen) atoms. The SMILES string of the molecule is Cc1ccc(Oc2ccc(C#N)cc2)c(S(=O)(=O)N2CCNCC2)c1. The maximum atomic E-state index is 13.0. The Morgan fingerprint density at radius 1 is 1.12 bits per heavy atom. The third kappa shape index (κ3) is 3.82. The van der Waals surface area contributed by atoms with Gasteiger partial charge in [0.15, 0.2) is 0 Å². The average Bonchev–Trinajstić information content (AvgIpc) is 2.64. The van der Waals surface area contributed by atoms with Gasteiger partial charge in [-0.05, 0) is 48.9 Å². The molecule has 1 aliphatic heterocycles. The smallest absolute Gasteiger partial charge is 0.246 e. The van der Waals surface area contributed by atoms with Crippen molar-refractivity contribution in [1.82, 2.24) is 9.62 Å². The number of nitrogens with zero attached hydrogens (tertiary/aromatic N) is 2. The first-order valence-corrected chi connectivity index (χ1v) is 9.44. The van der Waals surface area contributed by atoms with E-state index in [4.69, 9.17) is 10.00 Å². The van der Waals surface area contributed by atoms with Crippen molar-refractivity contribution >= 4 is 10.0 Å². The molecule has 1 aliphatic rings. The number of piperazine rings is 1. The summed E-state index contributed by atoms with van der Waals surface area (Å²) >= 11 is 0. The van der Waals surface area contributed by atoms with E-state index in [0.717, 1.165) is 5.56 Å². The molecular formula is C18H19N3O3S. The molecule has 1 saturated heterocycles. The summed E-state index contributed by atoms with van der Waals surface area (Å²) in [6.07, 6.45) is 0. The van der Waals surface area contributed by atoms with E-state index in [1.54, 1.807) is 36.4 Å². The average molecular weight is 357 g/mol. The van der Waals surface area contributed by atoms with Gasteiger partial charge in [-0.15, -0.1) is 0 Å². The van der Waals surface area contributed by atoms with Gasteiger partial charge < -0.3 is 10.1 Å². The number of benzene rings is 2. The third-order valence-electron chi connectivity index (χ3n) is 4.00. The Morgan fingerprint density at radius 3 is 2.44 bits per heavy atom. The van der Waals surface area contributed by atoms with Crippen molar-refractivity contribution in [1.29, 1.82) is 5.26 Å². The summed E-state index contributed by atoms with van der Waals surface area (Å²) in [4.78, 5) is 0.166. The monoisotopic (exact) mass is 357 g/mol. The lowest BCUT2D eigenvalue weighted by molar-refractivity contribution is 0.358. The Morgan fingerprint density at radius 2 is 1.80 bits per heavy atom. The standard InChI is InChI=1S/C18H19N3O3S/c1-14-2-7-17(24-16-5-3-15(13-19)4-6-16)18(12-14)25(22,23)21-10-8-20-9-11-21/h2-7,12,20H,8-11H2,1H3. The number of ether oxygens (including phenoxy) is 1. The van der Waals surface area contributed by atoms with Crippen LogP contribution in [-0.4, -0.2) is 38.9 Å². The Kier molecular flexibility index (Phi) is 5.04. The van der Waals surface area contributed by atoms with Crippen molar-refractivity contribution in [2.75, 3.05) is 26.2 Å². The number of aryl methyl sites for hydroxylation is 1. The minimum Gasteiger partial charge on any atom is -0.456 e. The van der Waals surface area contributed by atoms with Crippen LogP contribution in [0.3, 0.4) is 0 Å². The van der Waals surface area contributed by atoms with E-state index in [9.17, 15) is 8.42 Å².